The van der Waals surface area contributed by atoms with Crippen molar-refractivity contribution >= 4 is 5.97 Å². The predicted molar refractivity (Wildman–Crippen MR) is 43.3 cm³/mol. The average molecular weight is 172 g/mol. The molecule has 0 aromatic carbocycles. The number of hydrogen-bond donors (Lipinski definition) is 1. The lowest BCUT2D eigenvalue weighted by atomic mass is 9.61. The SMILES string of the molecule is C=C(F)C1(C(C)C(=O)O)CCC1. The first-order valence-electron chi connectivity index (χ1n) is 4.08. The van der Waals surface area contributed by atoms with Crippen molar-refractivity contribution in [2.24, 2.45) is 11.3 Å². The van der Waals surface area contributed by atoms with Gasteiger partial charge < -0.3 is 5.11 Å². The van der Waals surface area contributed by atoms with Crippen LogP contribution in [0.3, 0.4) is 0 Å². The summed E-state index contributed by atoms with van der Waals surface area (Å²) in [6.45, 7) is 4.77. The Hall–Kier alpha value is -0.860. The van der Waals surface area contributed by atoms with Gasteiger partial charge in [0.15, 0.2) is 0 Å². The van der Waals surface area contributed by atoms with E-state index in [-0.39, 0.29) is 0 Å². The van der Waals surface area contributed by atoms with Gasteiger partial charge in [-0.3, -0.25) is 4.79 Å². The Morgan fingerprint density at radius 2 is 2.17 bits per heavy atom. The summed E-state index contributed by atoms with van der Waals surface area (Å²) in [6, 6.07) is 0. The Morgan fingerprint density at radius 1 is 1.67 bits per heavy atom. The Labute approximate surface area is 71.1 Å². The molecular formula is C9H13FO2. The summed E-state index contributed by atoms with van der Waals surface area (Å²) in [5.74, 6) is -2.05. The number of aliphatic carboxylic acids is 1. The van der Waals surface area contributed by atoms with Crippen LogP contribution < -0.4 is 0 Å². The summed E-state index contributed by atoms with van der Waals surface area (Å²) < 4.78 is 13.0. The van der Waals surface area contributed by atoms with Gasteiger partial charge in [0, 0.05) is 5.41 Å². The summed E-state index contributed by atoms with van der Waals surface area (Å²) in [5.41, 5.74) is -0.758. The lowest BCUT2D eigenvalue weighted by Crippen LogP contribution is -2.40. The molecule has 2 nitrogen and oxygen atoms in total. The van der Waals surface area contributed by atoms with E-state index in [9.17, 15) is 9.18 Å². The first-order chi connectivity index (χ1) is 5.50. The lowest BCUT2D eigenvalue weighted by Gasteiger charge is -2.43. The molecule has 0 aromatic rings. The van der Waals surface area contributed by atoms with Crippen molar-refractivity contribution < 1.29 is 14.3 Å². The van der Waals surface area contributed by atoms with Gasteiger partial charge in [-0.2, -0.15) is 0 Å². The fraction of sp³-hybridized carbons (Fsp3) is 0.667. The van der Waals surface area contributed by atoms with E-state index < -0.39 is 23.1 Å². The van der Waals surface area contributed by atoms with Gasteiger partial charge in [0.1, 0.15) is 0 Å². The number of allylic oxidation sites excluding steroid dienone is 1. The predicted octanol–water partition coefficient (Wildman–Crippen LogP) is 2.36. The number of rotatable bonds is 3. The molecule has 1 saturated carbocycles. The van der Waals surface area contributed by atoms with Gasteiger partial charge in [-0.1, -0.05) is 19.9 Å². The molecule has 1 rings (SSSR count). The quantitative estimate of drug-likeness (QED) is 0.709. The van der Waals surface area contributed by atoms with Crippen LogP contribution in [0.4, 0.5) is 4.39 Å². The maximum Gasteiger partial charge on any atom is 0.307 e. The van der Waals surface area contributed by atoms with Crippen LogP contribution in [-0.4, -0.2) is 11.1 Å². The minimum atomic E-state index is -0.937. The molecule has 0 heterocycles. The molecule has 1 fully saturated rings. The third-order valence-corrected chi connectivity index (χ3v) is 2.99. The minimum Gasteiger partial charge on any atom is -0.481 e. The topological polar surface area (TPSA) is 37.3 Å². The average Bonchev–Trinajstić information content (AvgIpc) is 1.83. The van der Waals surface area contributed by atoms with Gasteiger partial charge in [-0.05, 0) is 12.8 Å². The van der Waals surface area contributed by atoms with Gasteiger partial charge in [0.25, 0.3) is 0 Å². The van der Waals surface area contributed by atoms with E-state index in [0.717, 1.165) is 6.42 Å². The number of hydrogen-bond acceptors (Lipinski definition) is 1. The molecule has 3 heteroatoms. The number of carboxylic acid groups (broad SMARTS) is 1. The smallest absolute Gasteiger partial charge is 0.307 e. The van der Waals surface area contributed by atoms with Gasteiger partial charge in [0.2, 0.25) is 0 Å². The van der Waals surface area contributed by atoms with Crippen molar-refractivity contribution in [3.8, 4) is 0 Å². The normalized spacial score (nSPS) is 22.5. The van der Waals surface area contributed by atoms with Crippen molar-refractivity contribution in [3.05, 3.63) is 12.4 Å². The maximum absolute atomic E-state index is 13.0. The number of halogens is 1. The number of carboxylic acids is 1. The van der Waals surface area contributed by atoms with Crippen LogP contribution in [0.5, 0.6) is 0 Å². The van der Waals surface area contributed by atoms with Crippen molar-refractivity contribution in [3.63, 3.8) is 0 Å². The molecule has 1 atom stereocenters. The molecule has 1 unspecified atom stereocenters. The molecule has 0 aromatic heterocycles. The molecule has 1 aliphatic rings. The lowest BCUT2D eigenvalue weighted by molar-refractivity contribution is -0.147. The van der Waals surface area contributed by atoms with E-state index in [2.05, 4.69) is 6.58 Å². The summed E-state index contributed by atoms with van der Waals surface area (Å²) in [7, 11) is 0. The molecule has 0 radical (unpaired) electrons. The molecule has 0 saturated heterocycles. The third-order valence-electron chi connectivity index (χ3n) is 2.99. The molecule has 12 heavy (non-hydrogen) atoms. The Morgan fingerprint density at radius 3 is 2.25 bits per heavy atom. The first kappa shape index (κ1) is 9.23. The summed E-state index contributed by atoms with van der Waals surface area (Å²) in [6.07, 6.45) is 2.14. The Kier molecular flexibility index (Phi) is 2.22. The van der Waals surface area contributed by atoms with Crippen LogP contribution in [0.2, 0.25) is 0 Å². The van der Waals surface area contributed by atoms with E-state index in [0.29, 0.717) is 12.8 Å². The zero-order valence-electron chi connectivity index (χ0n) is 7.14. The molecular weight excluding hydrogens is 159 g/mol. The number of carbonyl (C=O) groups is 1. The van der Waals surface area contributed by atoms with Crippen LogP contribution in [0.1, 0.15) is 26.2 Å². The molecule has 0 bridgehead atoms. The van der Waals surface area contributed by atoms with Crippen LogP contribution in [0.25, 0.3) is 0 Å². The third kappa shape index (κ3) is 1.13. The largest absolute Gasteiger partial charge is 0.481 e. The van der Waals surface area contributed by atoms with Gasteiger partial charge >= 0.3 is 5.97 Å². The highest BCUT2D eigenvalue weighted by atomic mass is 19.1. The second-order valence-corrected chi connectivity index (χ2v) is 3.47. The standard InChI is InChI=1S/C9H13FO2/c1-6(8(11)12)9(7(2)10)4-3-5-9/h6H,2-5H2,1H3,(H,11,12). The van der Waals surface area contributed by atoms with Crippen LogP contribution >= 0.6 is 0 Å². The second-order valence-electron chi connectivity index (χ2n) is 3.47. The van der Waals surface area contributed by atoms with Crippen molar-refractivity contribution in [1.29, 1.82) is 0 Å². The van der Waals surface area contributed by atoms with E-state index in [4.69, 9.17) is 5.11 Å². The summed E-state index contributed by atoms with van der Waals surface area (Å²) in [5, 5.41) is 8.72. The zero-order chi connectivity index (χ0) is 9.35. The van der Waals surface area contributed by atoms with Crippen LogP contribution in [-0.2, 0) is 4.79 Å². The fourth-order valence-electron chi connectivity index (χ4n) is 1.73. The van der Waals surface area contributed by atoms with E-state index in [1.807, 2.05) is 0 Å². The van der Waals surface area contributed by atoms with E-state index >= 15 is 0 Å². The molecule has 68 valence electrons. The minimum absolute atomic E-state index is 0.469. The van der Waals surface area contributed by atoms with Crippen molar-refractivity contribution in [2.45, 2.75) is 26.2 Å². The highest BCUT2D eigenvalue weighted by Gasteiger charge is 2.48. The monoisotopic (exact) mass is 172 g/mol. The maximum atomic E-state index is 13.0. The van der Waals surface area contributed by atoms with E-state index in [1.165, 1.54) is 0 Å². The fourth-order valence-corrected chi connectivity index (χ4v) is 1.73. The molecule has 1 N–H and O–H groups in total. The molecule has 0 amide bonds. The van der Waals surface area contributed by atoms with Gasteiger partial charge in [-0.25, -0.2) is 4.39 Å². The van der Waals surface area contributed by atoms with Crippen LogP contribution in [0, 0.1) is 11.3 Å². The Bertz CT molecular complexity index is 219. The molecule has 1 aliphatic carbocycles. The van der Waals surface area contributed by atoms with Crippen molar-refractivity contribution in [1.82, 2.24) is 0 Å². The van der Waals surface area contributed by atoms with Crippen molar-refractivity contribution in [2.75, 3.05) is 0 Å². The molecule has 0 aliphatic heterocycles. The summed E-state index contributed by atoms with van der Waals surface area (Å²) >= 11 is 0. The highest BCUT2D eigenvalue weighted by molar-refractivity contribution is 5.71. The Balaban J connectivity index is 2.80. The summed E-state index contributed by atoms with van der Waals surface area (Å²) in [4.78, 5) is 10.6. The van der Waals surface area contributed by atoms with Gasteiger partial charge in [0.05, 0.1) is 11.7 Å². The highest BCUT2D eigenvalue weighted by Crippen LogP contribution is 2.52. The zero-order valence-corrected chi connectivity index (χ0v) is 7.14. The molecule has 0 spiro atoms. The first-order valence-corrected chi connectivity index (χ1v) is 4.08. The second kappa shape index (κ2) is 2.88. The van der Waals surface area contributed by atoms with Crippen LogP contribution in [0.15, 0.2) is 12.4 Å². The van der Waals surface area contributed by atoms with Gasteiger partial charge in [-0.15, -0.1) is 0 Å². The van der Waals surface area contributed by atoms with E-state index in [1.54, 1.807) is 6.92 Å².